The van der Waals surface area contributed by atoms with Crippen LogP contribution >= 0.6 is 12.2 Å². The lowest BCUT2D eigenvalue weighted by molar-refractivity contribution is -0.123. The maximum atomic E-state index is 12.0. The van der Waals surface area contributed by atoms with E-state index >= 15 is 0 Å². The molecule has 0 atom stereocenters. The summed E-state index contributed by atoms with van der Waals surface area (Å²) in [6.07, 6.45) is 1.44. The fourth-order valence-corrected chi connectivity index (χ4v) is 2.89. The van der Waals surface area contributed by atoms with E-state index in [0.29, 0.717) is 22.6 Å². The molecule has 1 saturated heterocycles. The van der Waals surface area contributed by atoms with Gasteiger partial charge in [0.15, 0.2) is 22.4 Å². The summed E-state index contributed by atoms with van der Waals surface area (Å²) >= 11 is 4.78. The molecule has 7 nitrogen and oxygen atoms in total. The predicted octanol–water partition coefficient (Wildman–Crippen LogP) is 2.39. The summed E-state index contributed by atoms with van der Waals surface area (Å²) in [5.74, 6) is -0.221. The van der Waals surface area contributed by atoms with E-state index < -0.39 is 11.8 Å². The summed E-state index contributed by atoms with van der Waals surface area (Å²) < 4.78 is 11.2. The summed E-state index contributed by atoms with van der Waals surface area (Å²) in [4.78, 5) is 35.4. The quantitative estimate of drug-likeness (QED) is 0.329. The number of carbonyl (C=O) groups is 3. The van der Waals surface area contributed by atoms with Crippen LogP contribution in [0.1, 0.15) is 28.4 Å². The topological polar surface area (TPSA) is 93.7 Å². The fourth-order valence-electron chi connectivity index (χ4n) is 2.71. The molecule has 0 saturated carbocycles. The van der Waals surface area contributed by atoms with Crippen molar-refractivity contribution >= 4 is 41.0 Å². The first-order chi connectivity index (χ1) is 13.9. The van der Waals surface area contributed by atoms with Gasteiger partial charge in [-0.25, -0.2) is 0 Å². The number of amides is 2. The van der Waals surface area contributed by atoms with Crippen LogP contribution in [0.3, 0.4) is 0 Å². The SMILES string of the molecule is COc1cc(C=C2C(=O)NC(=S)NC2=O)ccc1OCc1cccc(C(C)=O)c1. The molecule has 0 bridgehead atoms. The standard InChI is InChI=1S/C21H18N2O5S/c1-12(24)15-5-3-4-14(8-15)11-28-17-7-6-13(10-18(17)27-2)9-16-19(25)22-21(29)23-20(16)26/h3-10H,11H2,1-2H3,(H2,22,23,25,26,29). The van der Waals surface area contributed by atoms with Crippen molar-refractivity contribution in [1.82, 2.24) is 10.6 Å². The van der Waals surface area contributed by atoms with E-state index in [1.54, 1.807) is 36.4 Å². The minimum atomic E-state index is -0.566. The molecule has 2 aromatic carbocycles. The zero-order valence-corrected chi connectivity index (χ0v) is 16.6. The fraction of sp³-hybridized carbons (Fsp3) is 0.143. The van der Waals surface area contributed by atoms with Crippen LogP contribution in [-0.2, 0) is 16.2 Å². The van der Waals surface area contributed by atoms with Gasteiger partial charge < -0.3 is 9.47 Å². The van der Waals surface area contributed by atoms with Crippen molar-refractivity contribution in [3.63, 3.8) is 0 Å². The minimum absolute atomic E-state index is 0.0154. The zero-order chi connectivity index (χ0) is 21.0. The van der Waals surface area contributed by atoms with E-state index in [1.165, 1.54) is 20.1 Å². The van der Waals surface area contributed by atoms with Crippen LogP contribution < -0.4 is 20.1 Å². The molecule has 0 unspecified atom stereocenters. The monoisotopic (exact) mass is 410 g/mol. The molecule has 0 spiro atoms. The number of hydrogen-bond acceptors (Lipinski definition) is 6. The maximum absolute atomic E-state index is 12.0. The molecule has 1 fully saturated rings. The molecular weight excluding hydrogens is 392 g/mol. The normalized spacial score (nSPS) is 13.4. The number of thiocarbonyl (C=S) groups is 1. The zero-order valence-electron chi connectivity index (χ0n) is 15.8. The first-order valence-electron chi connectivity index (χ1n) is 8.66. The summed E-state index contributed by atoms with van der Waals surface area (Å²) in [5.41, 5.74) is 1.98. The number of hydrogen-bond donors (Lipinski definition) is 2. The van der Waals surface area contributed by atoms with Gasteiger partial charge >= 0.3 is 0 Å². The Morgan fingerprint density at radius 3 is 2.45 bits per heavy atom. The second-order valence-corrected chi connectivity index (χ2v) is 6.66. The van der Waals surface area contributed by atoms with Crippen molar-refractivity contribution in [2.75, 3.05) is 7.11 Å². The van der Waals surface area contributed by atoms with Crippen molar-refractivity contribution in [2.45, 2.75) is 13.5 Å². The first-order valence-corrected chi connectivity index (χ1v) is 9.07. The van der Waals surface area contributed by atoms with Gasteiger partial charge in [-0.15, -0.1) is 0 Å². The van der Waals surface area contributed by atoms with Gasteiger partial charge in [0.05, 0.1) is 7.11 Å². The molecule has 3 rings (SSSR count). The molecule has 2 amide bonds. The highest BCUT2D eigenvalue weighted by Gasteiger charge is 2.25. The molecule has 148 valence electrons. The Balaban J connectivity index is 1.79. The lowest BCUT2D eigenvalue weighted by Crippen LogP contribution is -2.51. The van der Waals surface area contributed by atoms with E-state index in [1.807, 2.05) is 6.07 Å². The second-order valence-electron chi connectivity index (χ2n) is 6.25. The Morgan fingerprint density at radius 1 is 1.07 bits per heavy atom. The van der Waals surface area contributed by atoms with Crippen molar-refractivity contribution in [2.24, 2.45) is 0 Å². The molecule has 29 heavy (non-hydrogen) atoms. The van der Waals surface area contributed by atoms with Gasteiger partial charge in [-0.1, -0.05) is 24.3 Å². The highest BCUT2D eigenvalue weighted by molar-refractivity contribution is 7.80. The van der Waals surface area contributed by atoms with Crippen LogP contribution in [0.5, 0.6) is 11.5 Å². The predicted molar refractivity (Wildman–Crippen MR) is 111 cm³/mol. The number of rotatable bonds is 6. The van der Waals surface area contributed by atoms with Crippen LogP contribution in [0.2, 0.25) is 0 Å². The largest absolute Gasteiger partial charge is 0.493 e. The lowest BCUT2D eigenvalue weighted by atomic mass is 10.1. The molecule has 2 aromatic rings. The molecule has 1 aliphatic rings. The van der Waals surface area contributed by atoms with Gasteiger partial charge in [-0.2, -0.15) is 0 Å². The van der Waals surface area contributed by atoms with Gasteiger partial charge in [-0.3, -0.25) is 25.0 Å². The summed E-state index contributed by atoms with van der Waals surface area (Å²) in [6.45, 7) is 1.76. The molecule has 2 N–H and O–H groups in total. The number of ether oxygens (including phenoxy) is 2. The number of Topliss-reactive ketones (excluding diaryl/α,β-unsaturated/α-hetero) is 1. The molecular formula is C21H18N2O5S. The van der Waals surface area contributed by atoms with E-state index in [0.717, 1.165) is 5.56 Å². The average Bonchev–Trinajstić information content (AvgIpc) is 2.69. The summed E-state index contributed by atoms with van der Waals surface area (Å²) in [7, 11) is 1.49. The number of methoxy groups -OCH3 is 1. The molecule has 1 heterocycles. The molecule has 1 aliphatic heterocycles. The highest BCUT2D eigenvalue weighted by atomic mass is 32.1. The van der Waals surface area contributed by atoms with Gasteiger partial charge in [-0.05, 0) is 54.5 Å². The Labute approximate surface area is 172 Å². The van der Waals surface area contributed by atoms with Crippen LogP contribution in [-0.4, -0.2) is 29.8 Å². The summed E-state index contributed by atoms with van der Waals surface area (Å²) in [5, 5.41) is 4.75. The highest BCUT2D eigenvalue weighted by Crippen LogP contribution is 2.30. The average molecular weight is 410 g/mol. The minimum Gasteiger partial charge on any atom is -0.493 e. The Morgan fingerprint density at radius 2 is 1.79 bits per heavy atom. The van der Waals surface area contributed by atoms with Gasteiger partial charge in [0, 0.05) is 5.56 Å². The van der Waals surface area contributed by atoms with Crippen molar-refractivity contribution in [1.29, 1.82) is 0 Å². The number of benzene rings is 2. The smallest absolute Gasteiger partial charge is 0.263 e. The molecule has 0 aliphatic carbocycles. The number of ketones is 1. The van der Waals surface area contributed by atoms with Crippen LogP contribution in [0.4, 0.5) is 0 Å². The number of nitrogens with one attached hydrogen (secondary N) is 2. The van der Waals surface area contributed by atoms with Gasteiger partial charge in [0.1, 0.15) is 12.2 Å². The third-order valence-electron chi connectivity index (χ3n) is 4.17. The molecule has 0 radical (unpaired) electrons. The van der Waals surface area contributed by atoms with E-state index in [4.69, 9.17) is 21.7 Å². The van der Waals surface area contributed by atoms with E-state index in [2.05, 4.69) is 10.6 Å². The van der Waals surface area contributed by atoms with E-state index in [9.17, 15) is 14.4 Å². The Hall–Kier alpha value is -3.52. The van der Waals surface area contributed by atoms with Crippen molar-refractivity contribution in [3.8, 4) is 11.5 Å². The Kier molecular flexibility index (Phi) is 6.04. The number of carbonyl (C=O) groups excluding carboxylic acids is 3. The van der Waals surface area contributed by atoms with Gasteiger partial charge in [0.25, 0.3) is 11.8 Å². The van der Waals surface area contributed by atoms with Crippen LogP contribution in [0.25, 0.3) is 6.08 Å². The van der Waals surface area contributed by atoms with Crippen molar-refractivity contribution < 1.29 is 23.9 Å². The summed E-state index contributed by atoms with van der Waals surface area (Å²) in [6, 6.07) is 12.2. The van der Waals surface area contributed by atoms with E-state index in [-0.39, 0.29) is 23.1 Å². The lowest BCUT2D eigenvalue weighted by Gasteiger charge is -2.16. The molecule has 0 aromatic heterocycles. The van der Waals surface area contributed by atoms with Crippen LogP contribution in [0.15, 0.2) is 48.0 Å². The van der Waals surface area contributed by atoms with Crippen LogP contribution in [0, 0.1) is 0 Å². The first kappa shape index (κ1) is 20.2. The van der Waals surface area contributed by atoms with Crippen molar-refractivity contribution in [3.05, 3.63) is 64.7 Å². The third-order valence-corrected chi connectivity index (χ3v) is 4.37. The third kappa shape index (κ3) is 4.85. The second kappa shape index (κ2) is 8.66. The Bertz CT molecular complexity index is 1020. The van der Waals surface area contributed by atoms with Gasteiger partial charge in [0.2, 0.25) is 0 Å². The maximum Gasteiger partial charge on any atom is 0.263 e. The molecule has 8 heteroatoms.